The maximum atomic E-state index is 11.4. The van der Waals surface area contributed by atoms with E-state index in [2.05, 4.69) is 20.1 Å². The Bertz CT molecular complexity index is 1210. The minimum absolute atomic E-state index is 0.243. The molecule has 0 bridgehead atoms. The van der Waals surface area contributed by atoms with Crippen LogP contribution in [0, 0.1) is 0 Å². The molecule has 0 spiro atoms. The van der Waals surface area contributed by atoms with Crippen molar-refractivity contribution in [3.8, 4) is 27.8 Å². The fourth-order valence-electron chi connectivity index (χ4n) is 3.53. The maximum absolute atomic E-state index is 11.4. The lowest BCUT2D eigenvalue weighted by Gasteiger charge is -2.34. The van der Waals surface area contributed by atoms with Crippen molar-refractivity contribution < 1.29 is 9.53 Å². The van der Waals surface area contributed by atoms with E-state index in [-0.39, 0.29) is 17.8 Å². The topological polar surface area (TPSA) is 127 Å². The van der Waals surface area contributed by atoms with Crippen LogP contribution in [0.25, 0.3) is 27.8 Å². The molecule has 1 aliphatic carbocycles. The van der Waals surface area contributed by atoms with E-state index in [0.29, 0.717) is 16.5 Å². The van der Waals surface area contributed by atoms with Gasteiger partial charge in [0.1, 0.15) is 16.4 Å². The molecule has 1 fully saturated rings. The Balaban J connectivity index is 1.49. The number of primary amides is 1. The van der Waals surface area contributed by atoms with E-state index in [1.165, 1.54) is 11.3 Å². The highest BCUT2D eigenvalue weighted by atomic mass is 32.1. The van der Waals surface area contributed by atoms with E-state index in [4.69, 9.17) is 15.6 Å². The number of amides is 1. The average molecular weight is 437 g/mol. The lowest BCUT2D eigenvalue weighted by atomic mass is 9.89. The lowest BCUT2D eigenvalue weighted by molar-refractivity contribution is -0.0226. The van der Waals surface area contributed by atoms with E-state index >= 15 is 0 Å². The van der Waals surface area contributed by atoms with Gasteiger partial charge in [0, 0.05) is 36.1 Å². The van der Waals surface area contributed by atoms with Gasteiger partial charge in [-0.15, -0.1) is 11.3 Å². The zero-order valence-corrected chi connectivity index (χ0v) is 17.6. The van der Waals surface area contributed by atoms with Crippen molar-refractivity contribution in [1.82, 2.24) is 34.5 Å². The van der Waals surface area contributed by atoms with Gasteiger partial charge in [-0.05, 0) is 25.8 Å². The van der Waals surface area contributed by atoms with Crippen LogP contribution in [-0.4, -0.2) is 53.1 Å². The number of ether oxygens (including phenoxy) is 1. The molecular weight excluding hydrogens is 416 g/mol. The van der Waals surface area contributed by atoms with Crippen LogP contribution in [0.3, 0.4) is 0 Å². The van der Waals surface area contributed by atoms with Crippen molar-refractivity contribution >= 4 is 17.2 Å². The summed E-state index contributed by atoms with van der Waals surface area (Å²) >= 11 is 1.34. The summed E-state index contributed by atoms with van der Waals surface area (Å²) in [6.07, 6.45) is 11.0. The van der Waals surface area contributed by atoms with Crippen LogP contribution in [0.5, 0.6) is 0 Å². The monoisotopic (exact) mass is 436 g/mol. The van der Waals surface area contributed by atoms with Gasteiger partial charge in [-0.25, -0.2) is 19.6 Å². The number of hydrogen-bond donors (Lipinski definition) is 1. The number of aromatic nitrogens is 7. The van der Waals surface area contributed by atoms with Crippen molar-refractivity contribution in [3.05, 3.63) is 48.1 Å². The first kappa shape index (κ1) is 19.5. The first-order valence-electron chi connectivity index (χ1n) is 9.91. The number of nitrogens with zero attached hydrogens (tertiary/aromatic N) is 7. The summed E-state index contributed by atoms with van der Waals surface area (Å²) in [7, 11) is 0. The standard InChI is InChI=1S/C20H20N8O2S/c1-2-30-14-6-13(7-14)27-10-16(17(26-27)19-22-4-3-5-23-19)28-9-12(8-24-28)20-25-15(11-31-20)18(21)29/h3-5,8-11,13-14H,2,6-7H2,1H3,(H2,21,29). The summed E-state index contributed by atoms with van der Waals surface area (Å²) in [6, 6.07) is 2.03. The number of hydrogen-bond acceptors (Lipinski definition) is 8. The van der Waals surface area contributed by atoms with Crippen LogP contribution in [0.1, 0.15) is 36.3 Å². The molecule has 4 aromatic heterocycles. The smallest absolute Gasteiger partial charge is 0.268 e. The van der Waals surface area contributed by atoms with E-state index in [1.807, 2.05) is 24.0 Å². The maximum Gasteiger partial charge on any atom is 0.268 e. The molecule has 0 aliphatic heterocycles. The third-order valence-electron chi connectivity index (χ3n) is 5.17. The predicted octanol–water partition coefficient (Wildman–Crippen LogP) is 2.49. The molecular formula is C20H20N8O2S. The van der Waals surface area contributed by atoms with E-state index in [1.54, 1.807) is 34.7 Å². The molecule has 2 N–H and O–H groups in total. The van der Waals surface area contributed by atoms with Gasteiger partial charge in [-0.3, -0.25) is 9.48 Å². The molecule has 0 atom stereocenters. The molecule has 0 saturated heterocycles. The van der Waals surface area contributed by atoms with Gasteiger partial charge in [0.15, 0.2) is 11.5 Å². The third-order valence-corrected chi connectivity index (χ3v) is 6.06. The number of thiazole rings is 1. The molecule has 5 rings (SSSR count). The number of nitrogens with two attached hydrogens (primary N) is 1. The molecule has 158 valence electrons. The normalized spacial score (nSPS) is 18.1. The van der Waals surface area contributed by atoms with E-state index in [9.17, 15) is 4.79 Å². The van der Waals surface area contributed by atoms with Crippen molar-refractivity contribution in [1.29, 1.82) is 0 Å². The van der Waals surface area contributed by atoms with Crippen molar-refractivity contribution in [2.45, 2.75) is 31.9 Å². The Morgan fingerprint density at radius 1 is 1.29 bits per heavy atom. The number of rotatable bonds is 7. The first-order valence-corrected chi connectivity index (χ1v) is 10.8. The van der Waals surface area contributed by atoms with Crippen LogP contribution >= 0.6 is 11.3 Å². The molecule has 0 unspecified atom stereocenters. The molecule has 31 heavy (non-hydrogen) atoms. The number of carbonyl (C=O) groups is 1. The second kappa shape index (κ2) is 8.00. The Kier molecular flexibility index (Phi) is 5.04. The van der Waals surface area contributed by atoms with Crippen LogP contribution < -0.4 is 5.73 Å². The number of carbonyl (C=O) groups excluding carboxylic acids is 1. The molecule has 4 heterocycles. The second-order valence-corrected chi connectivity index (χ2v) is 8.05. The minimum atomic E-state index is -0.550. The molecule has 1 amide bonds. The third kappa shape index (κ3) is 3.73. The highest BCUT2D eigenvalue weighted by molar-refractivity contribution is 7.13. The highest BCUT2D eigenvalue weighted by Crippen LogP contribution is 2.36. The molecule has 0 aromatic carbocycles. The Morgan fingerprint density at radius 3 is 2.81 bits per heavy atom. The zero-order valence-electron chi connectivity index (χ0n) is 16.8. The first-order chi connectivity index (χ1) is 15.1. The predicted molar refractivity (Wildman–Crippen MR) is 114 cm³/mol. The quantitative estimate of drug-likeness (QED) is 0.471. The Morgan fingerprint density at radius 2 is 2.10 bits per heavy atom. The van der Waals surface area contributed by atoms with Gasteiger partial charge >= 0.3 is 0 Å². The van der Waals surface area contributed by atoms with Crippen LogP contribution in [0.2, 0.25) is 0 Å². The molecule has 4 aromatic rings. The zero-order chi connectivity index (χ0) is 21.4. The lowest BCUT2D eigenvalue weighted by Crippen LogP contribution is -2.33. The molecule has 1 aliphatic rings. The van der Waals surface area contributed by atoms with Crippen molar-refractivity contribution in [2.24, 2.45) is 5.73 Å². The summed E-state index contributed by atoms with van der Waals surface area (Å²) in [5.74, 6) is -0.0234. The van der Waals surface area contributed by atoms with Gasteiger partial charge in [-0.2, -0.15) is 10.2 Å². The van der Waals surface area contributed by atoms with Gasteiger partial charge in [0.25, 0.3) is 5.91 Å². The summed E-state index contributed by atoms with van der Waals surface area (Å²) in [4.78, 5) is 24.4. The van der Waals surface area contributed by atoms with Crippen LogP contribution in [0.15, 0.2) is 42.4 Å². The van der Waals surface area contributed by atoms with Gasteiger partial charge in [-0.1, -0.05) is 0 Å². The van der Waals surface area contributed by atoms with Crippen LogP contribution in [-0.2, 0) is 4.74 Å². The summed E-state index contributed by atoms with van der Waals surface area (Å²) < 4.78 is 9.37. The highest BCUT2D eigenvalue weighted by Gasteiger charge is 2.33. The largest absolute Gasteiger partial charge is 0.378 e. The SMILES string of the molecule is CCOC1CC(n2cc(-n3cc(-c4nc(C(N)=O)cs4)cn3)c(-c3ncccn3)n2)C1. The van der Waals surface area contributed by atoms with Gasteiger partial charge < -0.3 is 10.5 Å². The van der Waals surface area contributed by atoms with Crippen LogP contribution in [0.4, 0.5) is 0 Å². The molecule has 11 heteroatoms. The van der Waals surface area contributed by atoms with E-state index < -0.39 is 5.91 Å². The average Bonchev–Trinajstić information content (AvgIpc) is 3.49. The van der Waals surface area contributed by atoms with Gasteiger partial charge in [0.05, 0.1) is 24.5 Å². The summed E-state index contributed by atoms with van der Waals surface area (Å²) in [6.45, 7) is 2.73. The molecule has 0 radical (unpaired) electrons. The van der Waals surface area contributed by atoms with E-state index in [0.717, 1.165) is 30.7 Å². The fraction of sp³-hybridized carbons (Fsp3) is 0.300. The fourth-order valence-corrected chi connectivity index (χ4v) is 4.31. The minimum Gasteiger partial charge on any atom is -0.378 e. The van der Waals surface area contributed by atoms with Crippen molar-refractivity contribution in [3.63, 3.8) is 0 Å². The summed E-state index contributed by atoms with van der Waals surface area (Å²) in [5.41, 5.74) is 7.75. The second-order valence-electron chi connectivity index (χ2n) is 7.19. The Labute approximate surface area is 181 Å². The summed E-state index contributed by atoms with van der Waals surface area (Å²) in [5, 5.41) is 11.6. The Hall–Kier alpha value is -3.44. The van der Waals surface area contributed by atoms with Crippen molar-refractivity contribution in [2.75, 3.05) is 6.61 Å². The molecule has 10 nitrogen and oxygen atoms in total. The molecule has 1 saturated carbocycles. The van der Waals surface area contributed by atoms with Gasteiger partial charge in [0.2, 0.25) is 0 Å².